The molecule has 1 N–H and O–H groups in total. The lowest BCUT2D eigenvalue weighted by atomic mass is 10.0. The second kappa shape index (κ2) is 11.4. The van der Waals surface area contributed by atoms with Gasteiger partial charge in [0.25, 0.3) is 17.5 Å². The summed E-state index contributed by atoms with van der Waals surface area (Å²) >= 11 is 0. The van der Waals surface area contributed by atoms with Crippen LogP contribution in [0.1, 0.15) is 16.7 Å². The Bertz CT molecular complexity index is 1520. The number of nitro benzene ring substituents is 1. The summed E-state index contributed by atoms with van der Waals surface area (Å²) in [4.78, 5) is 49.4. The molecule has 4 rings (SSSR count). The molecule has 1 aliphatic heterocycles. The Labute approximate surface area is 222 Å². The van der Waals surface area contributed by atoms with Gasteiger partial charge in [-0.05, 0) is 48.4 Å². The fourth-order valence-electron chi connectivity index (χ4n) is 3.94. The van der Waals surface area contributed by atoms with Gasteiger partial charge in [-0.2, -0.15) is 0 Å². The molecule has 4 amide bonds. The fourth-order valence-corrected chi connectivity index (χ4v) is 3.94. The minimum absolute atomic E-state index is 0.0447. The molecule has 1 aliphatic rings. The summed E-state index contributed by atoms with van der Waals surface area (Å²) in [7, 11) is 1.41. The lowest BCUT2D eigenvalue weighted by molar-refractivity contribution is -0.384. The Hall–Kier alpha value is -5.32. The zero-order chi connectivity index (χ0) is 28.1. The minimum Gasteiger partial charge on any atom is -0.493 e. The number of benzene rings is 3. The molecular formula is C28H22FN3O7. The maximum atomic E-state index is 14.1. The highest BCUT2D eigenvalue weighted by Gasteiger charge is 2.37. The number of rotatable bonds is 9. The molecule has 39 heavy (non-hydrogen) atoms. The predicted molar refractivity (Wildman–Crippen MR) is 140 cm³/mol. The smallest absolute Gasteiger partial charge is 0.335 e. The van der Waals surface area contributed by atoms with Gasteiger partial charge < -0.3 is 9.47 Å². The number of carbonyl (C=O) groups is 3. The van der Waals surface area contributed by atoms with Crippen molar-refractivity contribution in [3.8, 4) is 11.5 Å². The van der Waals surface area contributed by atoms with Gasteiger partial charge >= 0.3 is 6.03 Å². The quantitative estimate of drug-likeness (QED) is 0.139. The van der Waals surface area contributed by atoms with Gasteiger partial charge in [-0.1, -0.05) is 24.3 Å². The molecular weight excluding hydrogens is 509 g/mol. The molecule has 10 nitrogen and oxygen atoms in total. The van der Waals surface area contributed by atoms with Crippen LogP contribution < -0.4 is 19.7 Å². The van der Waals surface area contributed by atoms with Crippen molar-refractivity contribution >= 4 is 35.3 Å². The van der Waals surface area contributed by atoms with Crippen LogP contribution in [0.5, 0.6) is 11.5 Å². The molecule has 0 unspecified atom stereocenters. The van der Waals surface area contributed by atoms with Crippen LogP contribution in [0.25, 0.3) is 6.08 Å². The fraction of sp³-hybridized carbons (Fsp3) is 0.107. The van der Waals surface area contributed by atoms with Gasteiger partial charge in [0.2, 0.25) is 0 Å². The molecule has 1 saturated heterocycles. The Morgan fingerprint density at radius 1 is 1.08 bits per heavy atom. The number of hydrogen-bond acceptors (Lipinski definition) is 7. The molecule has 1 heterocycles. The maximum absolute atomic E-state index is 14.1. The number of non-ortho nitro benzene ring substituents is 1. The van der Waals surface area contributed by atoms with Crippen LogP contribution >= 0.6 is 0 Å². The Kier molecular flexibility index (Phi) is 7.80. The van der Waals surface area contributed by atoms with Gasteiger partial charge in [0.1, 0.15) is 18.0 Å². The number of hydrogen-bond donors (Lipinski definition) is 1. The number of nitrogens with one attached hydrogen (secondary N) is 1. The molecule has 1 fully saturated rings. The molecule has 0 bridgehead atoms. The summed E-state index contributed by atoms with van der Waals surface area (Å²) in [5, 5.41) is 13.1. The van der Waals surface area contributed by atoms with Crippen molar-refractivity contribution in [1.29, 1.82) is 0 Å². The third kappa shape index (κ3) is 5.67. The third-order valence-corrected chi connectivity index (χ3v) is 5.80. The molecule has 198 valence electrons. The topological polar surface area (TPSA) is 128 Å². The van der Waals surface area contributed by atoms with E-state index in [9.17, 15) is 28.9 Å². The summed E-state index contributed by atoms with van der Waals surface area (Å²) in [6.45, 7) is 3.68. The largest absolute Gasteiger partial charge is 0.493 e. The second-order valence-electron chi connectivity index (χ2n) is 8.32. The lowest BCUT2D eigenvalue weighted by Gasteiger charge is -2.26. The van der Waals surface area contributed by atoms with Crippen LogP contribution in [0.4, 0.5) is 20.6 Å². The number of carbonyl (C=O) groups excluding carboxylic acids is 3. The summed E-state index contributed by atoms with van der Waals surface area (Å²) in [5.74, 6) is -1.64. The highest BCUT2D eigenvalue weighted by Crippen LogP contribution is 2.35. The number of nitrogens with zero attached hydrogens (tertiary/aromatic N) is 2. The average molecular weight is 531 g/mol. The van der Waals surface area contributed by atoms with Gasteiger partial charge in [-0.15, -0.1) is 6.58 Å². The van der Waals surface area contributed by atoms with E-state index in [0.717, 1.165) is 12.1 Å². The summed E-state index contributed by atoms with van der Waals surface area (Å²) in [5.41, 5.74) is 0.797. The highest BCUT2D eigenvalue weighted by atomic mass is 19.1. The normalized spacial score (nSPS) is 14.3. The summed E-state index contributed by atoms with van der Waals surface area (Å²) in [6, 6.07) is 13.1. The van der Waals surface area contributed by atoms with Gasteiger partial charge in [-0.3, -0.25) is 25.0 Å². The lowest BCUT2D eigenvalue weighted by Crippen LogP contribution is -2.54. The first-order chi connectivity index (χ1) is 18.7. The maximum Gasteiger partial charge on any atom is 0.335 e. The molecule has 3 aromatic rings. The number of halogens is 1. The first-order valence-electron chi connectivity index (χ1n) is 11.6. The zero-order valence-electron chi connectivity index (χ0n) is 20.7. The van der Waals surface area contributed by atoms with Gasteiger partial charge in [0, 0.05) is 23.3 Å². The molecule has 0 aliphatic carbocycles. The second-order valence-corrected chi connectivity index (χ2v) is 8.32. The first-order valence-corrected chi connectivity index (χ1v) is 11.6. The predicted octanol–water partition coefficient (Wildman–Crippen LogP) is 4.72. The van der Waals surface area contributed by atoms with Gasteiger partial charge in [0.05, 0.1) is 17.7 Å². The number of barbiturate groups is 1. The van der Waals surface area contributed by atoms with E-state index in [-0.39, 0.29) is 29.3 Å². The van der Waals surface area contributed by atoms with E-state index < -0.39 is 28.6 Å². The number of nitro groups is 1. The standard InChI is InChI=1S/C28H22FN3O7/c1-3-6-18-13-17(15-24(38-2)25(18)39-16-19-7-4-5-8-23(19)29)14-22-26(33)30-28(35)31(27(22)34)20-9-11-21(12-10-20)32(36)37/h3-5,7-15H,1,6,16H2,2H3,(H,30,33,35)/b22-14+. The molecule has 0 aromatic heterocycles. The van der Waals surface area contributed by atoms with Crippen molar-refractivity contribution in [1.82, 2.24) is 5.32 Å². The van der Waals surface area contributed by atoms with E-state index >= 15 is 0 Å². The summed E-state index contributed by atoms with van der Waals surface area (Å²) in [6.07, 6.45) is 3.24. The van der Waals surface area contributed by atoms with E-state index in [1.54, 1.807) is 30.3 Å². The molecule has 0 radical (unpaired) electrons. The van der Waals surface area contributed by atoms with Crippen molar-refractivity contribution in [2.45, 2.75) is 13.0 Å². The van der Waals surface area contributed by atoms with Crippen molar-refractivity contribution in [3.05, 3.63) is 112 Å². The number of imide groups is 2. The highest BCUT2D eigenvalue weighted by molar-refractivity contribution is 6.39. The molecule has 11 heteroatoms. The van der Waals surface area contributed by atoms with E-state index in [2.05, 4.69) is 11.9 Å². The number of anilines is 1. The number of allylic oxidation sites excluding steroid dienone is 1. The number of ether oxygens (including phenoxy) is 2. The van der Waals surface area contributed by atoms with Gasteiger partial charge in [-0.25, -0.2) is 14.1 Å². The van der Waals surface area contributed by atoms with Crippen LogP contribution in [-0.2, 0) is 22.6 Å². The Morgan fingerprint density at radius 3 is 2.44 bits per heavy atom. The molecule has 3 aromatic carbocycles. The van der Waals surface area contributed by atoms with Crippen LogP contribution in [0.3, 0.4) is 0 Å². The summed E-state index contributed by atoms with van der Waals surface area (Å²) < 4.78 is 25.5. The van der Waals surface area contributed by atoms with Crippen LogP contribution in [0, 0.1) is 15.9 Å². The van der Waals surface area contributed by atoms with Crippen LogP contribution in [0.2, 0.25) is 0 Å². The van der Waals surface area contributed by atoms with Crippen molar-refractivity contribution in [2.24, 2.45) is 0 Å². The van der Waals surface area contributed by atoms with E-state index in [1.807, 2.05) is 0 Å². The van der Waals surface area contributed by atoms with Gasteiger partial charge in [0.15, 0.2) is 11.5 Å². The Morgan fingerprint density at radius 2 is 1.79 bits per heavy atom. The number of methoxy groups -OCH3 is 1. The molecule has 0 saturated carbocycles. The van der Waals surface area contributed by atoms with E-state index in [1.165, 1.54) is 37.5 Å². The average Bonchev–Trinajstić information content (AvgIpc) is 2.91. The minimum atomic E-state index is -0.988. The number of urea groups is 1. The third-order valence-electron chi connectivity index (χ3n) is 5.80. The molecule has 0 spiro atoms. The van der Waals surface area contributed by atoms with E-state index in [0.29, 0.717) is 33.8 Å². The van der Waals surface area contributed by atoms with Crippen molar-refractivity contribution < 1.29 is 33.2 Å². The van der Waals surface area contributed by atoms with Crippen LogP contribution in [0.15, 0.2) is 78.9 Å². The van der Waals surface area contributed by atoms with E-state index in [4.69, 9.17) is 9.47 Å². The number of amides is 4. The first kappa shape index (κ1) is 26.7. The van der Waals surface area contributed by atoms with Crippen LogP contribution in [-0.4, -0.2) is 29.9 Å². The monoisotopic (exact) mass is 531 g/mol. The Balaban J connectivity index is 1.69. The van der Waals surface area contributed by atoms with Crippen molar-refractivity contribution in [3.63, 3.8) is 0 Å². The zero-order valence-corrected chi connectivity index (χ0v) is 20.7. The molecule has 0 atom stereocenters. The van der Waals surface area contributed by atoms with Crippen molar-refractivity contribution in [2.75, 3.05) is 12.0 Å². The SMILES string of the molecule is C=CCc1cc(/C=C2\C(=O)NC(=O)N(c3ccc([N+](=O)[O-])cc3)C2=O)cc(OC)c1OCc1ccccc1F.